The van der Waals surface area contributed by atoms with Gasteiger partial charge in [-0.3, -0.25) is 4.79 Å². The Balaban J connectivity index is 1.69. The van der Waals surface area contributed by atoms with Crippen molar-refractivity contribution in [3.8, 4) is 5.75 Å². The number of nitrogens with zero attached hydrogens (tertiary/aromatic N) is 3. The zero-order valence-corrected chi connectivity index (χ0v) is 22.5. The molecule has 0 bridgehead atoms. The molecule has 1 aromatic heterocycles. The third-order valence-corrected chi connectivity index (χ3v) is 6.57. The van der Waals surface area contributed by atoms with Crippen LogP contribution in [0.25, 0.3) is 0 Å². The Kier molecular flexibility index (Phi) is 9.29. The second-order valence-corrected chi connectivity index (χ2v) is 9.15. The van der Waals surface area contributed by atoms with Crippen LogP contribution in [0.3, 0.4) is 0 Å². The predicted molar refractivity (Wildman–Crippen MR) is 139 cm³/mol. The first-order valence-corrected chi connectivity index (χ1v) is 12.6. The van der Waals surface area contributed by atoms with Crippen molar-refractivity contribution >= 4 is 35.3 Å². The Morgan fingerprint density at radius 1 is 0.973 bits per heavy atom. The maximum Gasteiger partial charge on any atom is 0.337 e. The van der Waals surface area contributed by atoms with Gasteiger partial charge in [0.25, 0.3) is 0 Å². The second kappa shape index (κ2) is 12.4. The zero-order valence-electron chi connectivity index (χ0n) is 21.7. The van der Waals surface area contributed by atoms with Crippen LogP contribution in [0.15, 0.2) is 41.6 Å². The Morgan fingerprint density at radius 2 is 1.62 bits per heavy atom. The van der Waals surface area contributed by atoms with Crippen molar-refractivity contribution in [2.45, 2.75) is 45.5 Å². The van der Waals surface area contributed by atoms with Crippen LogP contribution in [0.1, 0.15) is 57.6 Å². The lowest BCUT2D eigenvalue weighted by Gasteiger charge is -2.16. The molecule has 37 heavy (non-hydrogen) atoms. The molecule has 0 radical (unpaired) electrons. The molecule has 3 aromatic rings. The normalized spacial score (nSPS) is 11.5. The summed E-state index contributed by atoms with van der Waals surface area (Å²) in [5.74, 6) is -0.213. The fourth-order valence-electron chi connectivity index (χ4n) is 3.55. The molecule has 2 aromatic carbocycles. The fourth-order valence-corrected chi connectivity index (χ4v) is 4.36. The van der Waals surface area contributed by atoms with Crippen molar-refractivity contribution in [3.63, 3.8) is 0 Å². The second-order valence-electron chi connectivity index (χ2n) is 8.21. The van der Waals surface area contributed by atoms with E-state index in [4.69, 9.17) is 14.2 Å². The lowest BCUT2D eigenvalue weighted by molar-refractivity contribution is -0.113. The van der Waals surface area contributed by atoms with Gasteiger partial charge in [-0.15, -0.1) is 10.2 Å². The highest BCUT2D eigenvalue weighted by Gasteiger charge is 2.20. The van der Waals surface area contributed by atoms with E-state index >= 15 is 0 Å². The van der Waals surface area contributed by atoms with Gasteiger partial charge < -0.3 is 24.1 Å². The minimum Gasteiger partial charge on any atom is -0.483 e. The number of thioether (sulfide) groups is 1. The van der Waals surface area contributed by atoms with E-state index in [2.05, 4.69) is 15.5 Å². The molecule has 1 heterocycles. The summed E-state index contributed by atoms with van der Waals surface area (Å²) in [6.45, 7) is 8.54. The minimum atomic E-state index is -0.642. The molecule has 3 rings (SSSR count). The molecule has 10 nitrogen and oxygen atoms in total. The molecule has 1 amide bonds. The van der Waals surface area contributed by atoms with Crippen LogP contribution in [-0.2, 0) is 20.8 Å². The van der Waals surface area contributed by atoms with E-state index in [1.807, 2.05) is 50.5 Å². The number of carbonyl (C=O) groups excluding carboxylic acids is 3. The highest BCUT2D eigenvalue weighted by molar-refractivity contribution is 7.99. The van der Waals surface area contributed by atoms with Crippen LogP contribution in [0, 0.1) is 13.8 Å². The standard InChI is InChI=1S/C26H30N4O6S/c1-7-30-23(17(4)36-21-9-8-15(2)16(3)10-21)28-29-26(30)37-14-22(31)27-20-12-18(24(32)34-5)11-19(13-20)25(33)35-6/h8-13,17H,7,14H2,1-6H3,(H,27,31). The summed E-state index contributed by atoms with van der Waals surface area (Å²) in [7, 11) is 2.46. The SMILES string of the molecule is CCn1c(SCC(=O)Nc2cc(C(=O)OC)cc(C(=O)OC)c2)nnc1C(C)Oc1ccc(C)c(C)c1. The van der Waals surface area contributed by atoms with Crippen molar-refractivity contribution in [1.82, 2.24) is 14.8 Å². The number of aryl methyl sites for hydroxylation is 2. The van der Waals surface area contributed by atoms with Gasteiger partial charge in [0.2, 0.25) is 5.91 Å². The van der Waals surface area contributed by atoms with Crippen molar-refractivity contribution in [2.24, 2.45) is 0 Å². The molecule has 0 aliphatic heterocycles. The number of rotatable bonds is 10. The lowest BCUT2D eigenvalue weighted by Crippen LogP contribution is -2.17. The summed E-state index contributed by atoms with van der Waals surface area (Å²) in [4.78, 5) is 36.6. The summed E-state index contributed by atoms with van der Waals surface area (Å²) in [6.07, 6.45) is -0.351. The van der Waals surface area contributed by atoms with Gasteiger partial charge in [0, 0.05) is 12.2 Å². The first-order valence-electron chi connectivity index (χ1n) is 11.6. The number of amides is 1. The summed E-state index contributed by atoms with van der Waals surface area (Å²) < 4.78 is 17.4. The van der Waals surface area contributed by atoms with Crippen molar-refractivity contribution in [2.75, 3.05) is 25.3 Å². The maximum atomic E-state index is 12.7. The van der Waals surface area contributed by atoms with E-state index < -0.39 is 11.9 Å². The quantitative estimate of drug-likeness (QED) is 0.303. The molecule has 0 aliphatic rings. The monoisotopic (exact) mass is 526 g/mol. The first-order chi connectivity index (χ1) is 17.7. The molecule has 0 saturated heterocycles. The first kappa shape index (κ1) is 27.7. The van der Waals surface area contributed by atoms with E-state index in [0.717, 1.165) is 11.3 Å². The molecule has 0 fully saturated rings. The van der Waals surface area contributed by atoms with Crippen LogP contribution in [0.5, 0.6) is 5.75 Å². The summed E-state index contributed by atoms with van der Waals surface area (Å²) in [5, 5.41) is 11.8. The average Bonchev–Trinajstić information content (AvgIpc) is 3.31. The number of anilines is 1. The number of hydrogen-bond donors (Lipinski definition) is 1. The number of hydrogen-bond acceptors (Lipinski definition) is 9. The van der Waals surface area contributed by atoms with E-state index in [9.17, 15) is 14.4 Å². The zero-order chi connectivity index (χ0) is 27.1. The molecule has 1 atom stereocenters. The largest absolute Gasteiger partial charge is 0.483 e. The lowest BCUT2D eigenvalue weighted by atomic mass is 10.1. The van der Waals surface area contributed by atoms with E-state index in [-0.39, 0.29) is 34.6 Å². The third-order valence-electron chi connectivity index (χ3n) is 5.61. The Bertz CT molecular complexity index is 1270. The van der Waals surface area contributed by atoms with Gasteiger partial charge in [0.15, 0.2) is 17.1 Å². The third kappa shape index (κ3) is 6.88. The molecule has 196 valence electrons. The molecule has 11 heteroatoms. The minimum absolute atomic E-state index is 0.0283. The Labute approximate surface area is 219 Å². The number of aromatic nitrogens is 3. The Hall–Kier alpha value is -3.86. The number of benzene rings is 2. The smallest absolute Gasteiger partial charge is 0.337 e. The van der Waals surface area contributed by atoms with Gasteiger partial charge in [0.05, 0.1) is 31.1 Å². The molecule has 0 saturated carbocycles. The van der Waals surface area contributed by atoms with E-state index in [1.54, 1.807) is 0 Å². The predicted octanol–water partition coefficient (Wildman–Crippen LogP) is 4.36. The van der Waals surface area contributed by atoms with Crippen LogP contribution in [0.2, 0.25) is 0 Å². The summed E-state index contributed by atoms with van der Waals surface area (Å²) in [6, 6.07) is 10.1. The topological polar surface area (TPSA) is 122 Å². The van der Waals surface area contributed by atoms with Gasteiger partial charge in [-0.25, -0.2) is 9.59 Å². The number of esters is 2. The number of ether oxygens (including phenoxy) is 3. The van der Waals surface area contributed by atoms with Crippen LogP contribution >= 0.6 is 11.8 Å². The van der Waals surface area contributed by atoms with Crippen molar-refractivity contribution in [3.05, 3.63) is 64.5 Å². The van der Waals surface area contributed by atoms with Crippen molar-refractivity contribution in [1.29, 1.82) is 0 Å². The van der Waals surface area contributed by atoms with Crippen LogP contribution in [-0.4, -0.2) is 52.6 Å². The van der Waals surface area contributed by atoms with Gasteiger partial charge in [-0.2, -0.15) is 0 Å². The highest BCUT2D eigenvalue weighted by atomic mass is 32.2. The number of nitrogens with one attached hydrogen (secondary N) is 1. The van der Waals surface area contributed by atoms with Gasteiger partial charge in [-0.1, -0.05) is 17.8 Å². The molecular formula is C26H30N4O6S. The highest BCUT2D eigenvalue weighted by Crippen LogP contribution is 2.26. The molecular weight excluding hydrogens is 496 g/mol. The molecule has 0 aliphatic carbocycles. The number of carbonyl (C=O) groups is 3. The van der Waals surface area contributed by atoms with Crippen LogP contribution < -0.4 is 10.1 Å². The molecule has 1 unspecified atom stereocenters. The summed E-state index contributed by atoms with van der Waals surface area (Å²) >= 11 is 1.22. The Morgan fingerprint density at radius 3 is 2.19 bits per heavy atom. The van der Waals surface area contributed by atoms with Gasteiger partial charge in [0.1, 0.15) is 5.75 Å². The van der Waals surface area contributed by atoms with Gasteiger partial charge >= 0.3 is 11.9 Å². The van der Waals surface area contributed by atoms with Crippen LogP contribution in [0.4, 0.5) is 5.69 Å². The fraction of sp³-hybridized carbons (Fsp3) is 0.346. The molecule has 0 spiro atoms. The van der Waals surface area contributed by atoms with E-state index in [1.165, 1.54) is 49.7 Å². The molecule has 1 N–H and O–H groups in total. The van der Waals surface area contributed by atoms with Gasteiger partial charge in [-0.05, 0) is 69.2 Å². The van der Waals surface area contributed by atoms with E-state index in [0.29, 0.717) is 17.5 Å². The van der Waals surface area contributed by atoms with Crippen molar-refractivity contribution < 1.29 is 28.6 Å². The number of methoxy groups -OCH3 is 2. The summed E-state index contributed by atoms with van der Waals surface area (Å²) in [5.41, 5.74) is 2.82. The maximum absolute atomic E-state index is 12.7. The average molecular weight is 527 g/mol.